The molecule has 0 aliphatic carbocycles. The fourth-order valence-corrected chi connectivity index (χ4v) is 2.96. The summed E-state index contributed by atoms with van der Waals surface area (Å²) in [6.45, 7) is 16.8. The first-order chi connectivity index (χ1) is 9.67. The van der Waals surface area contributed by atoms with E-state index in [1.54, 1.807) is 0 Å². The Hall–Kier alpha value is -0.120. The number of nitrogens with zero attached hydrogens (tertiary/aromatic N) is 2. The third-order valence-electron chi connectivity index (χ3n) is 4.73. The summed E-state index contributed by atoms with van der Waals surface area (Å²) < 4.78 is 0. The van der Waals surface area contributed by atoms with Crippen LogP contribution in [0.4, 0.5) is 0 Å². The first-order valence-electron chi connectivity index (χ1n) is 8.87. The Labute approximate surface area is 127 Å². The maximum atomic E-state index is 3.58. The largest absolute Gasteiger partial charge is 0.314 e. The zero-order valence-corrected chi connectivity index (χ0v) is 14.3. The predicted molar refractivity (Wildman–Crippen MR) is 89.4 cm³/mol. The molecule has 3 heteroatoms. The molecule has 20 heavy (non-hydrogen) atoms. The summed E-state index contributed by atoms with van der Waals surface area (Å²) in [4.78, 5) is 5.30. The summed E-state index contributed by atoms with van der Waals surface area (Å²) in [6, 6.07) is 1.46. The molecule has 2 atom stereocenters. The van der Waals surface area contributed by atoms with Crippen molar-refractivity contribution >= 4 is 0 Å². The highest BCUT2D eigenvalue weighted by molar-refractivity contribution is 4.75. The number of hydrogen-bond donors (Lipinski definition) is 1. The molecule has 0 aromatic rings. The molecule has 0 aromatic heterocycles. The zero-order chi connectivity index (χ0) is 14.8. The molecule has 1 heterocycles. The van der Waals surface area contributed by atoms with Crippen LogP contribution >= 0.6 is 0 Å². The average molecular weight is 284 g/mol. The Balaban J connectivity index is 2.01. The fraction of sp³-hybridized carbons (Fsp3) is 1.00. The van der Waals surface area contributed by atoms with E-state index in [4.69, 9.17) is 0 Å². The Morgan fingerprint density at radius 2 is 1.70 bits per heavy atom. The molecule has 0 bridgehead atoms. The van der Waals surface area contributed by atoms with Crippen LogP contribution in [0.5, 0.6) is 0 Å². The molecule has 0 saturated carbocycles. The molecular formula is C17H37N3. The van der Waals surface area contributed by atoms with E-state index in [1.165, 1.54) is 71.4 Å². The molecule has 1 aliphatic heterocycles. The van der Waals surface area contributed by atoms with Crippen molar-refractivity contribution in [3.63, 3.8) is 0 Å². The first kappa shape index (κ1) is 17.9. The number of nitrogens with one attached hydrogen (secondary N) is 1. The topological polar surface area (TPSA) is 18.5 Å². The molecule has 120 valence electrons. The SMILES string of the molecule is CCCNC(C)CCCCN1CCN(C(C)CC)CC1. The number of rotatable bonds is 10. The van der Waals surface area contributed by atoms with E-state index in [0.29, 0.717) is 6.04 Å². The summed E-state index contributed by atoms with van der Waals surface area (Å²) in [6.07, 6.45) is 6.57. The van der Waals surface area contributed by atoms with E-state index < -0.39 is 0 Å². The maximum absolute atomic E-state index is 3.58. The molecule has 1 fully saturated rings. The van der Waals surface area contributed by atoms with Crippen molar-refractivity contribution in [1.29, 1.82) is 0 Å². The molecule has 1 rings (SSSR count). The van der Waals surface area contributed by atoms with Gasteiger partial charge in [0.05, 0.1) is 0 Å². The van der Waals surface area contributed by atoms with Crippen LogP contribution < -0.4 is 5.32 Å². The number of piperazine rings is 1. The standard InChI is InChI=1S/C17H37N3/c1-5-10-18-16(3)9-7-8-11-19-12-14-20(15-13-19)17(4)6-2/h16-18H,5-15H2,1-4H3. The van der Waals surface area contributed by atoms with Gasteiger partial charge in [0, 0.05) is 38.3 Å². The zero-order valence-electron chi connectivity index (χ0n) is 14.3. The second-order valence-electron chi connectivity index (χ2n) is 6.49. The second kappa shape index (κ2) is 10.6. The molecule has 0 aromatic carbocycles. The second-order valence-corrected chi connectivity index (χ2v) is 6.49. The van der Waals surface area contributed by atoms with Crippen LogP contribution in [0.2, 0.25) is 0 Å². The highest BCUT2D eigenvalue weighted by Gasteiger charge is 2.19. The summed E-state index contributed by atoms with van der Waals surface area (Å²) >= 11 is 0. The Bertz CT molecular complexity index is 224. The molecule has 3 nitrogen and oxygen atoms in total. The Morgan fingerprint density at radius 1 is 1.00 bits per heavy atom. The number of unbranched alkanes of at least 4 members (excludes halogenated alkanes) is 1. The van der Waals surface area contributed by atoms with E-state index in [1.807, 2.05) is 0 Å². The normalized spacial score (nSPS) is 21.0. The lowest BCUT2D eigenvalue weighted by Crippen LogP contribution is -2.49. The molecule has 1 saturated heterocycles. The van der Waals surface area contributed by atoms with Crippen molar-refractivity contribution in [3.05, 3.63) is 0 Å². The summed E-state index contributed by atoms with van der Waals surface area (Å²) in [5.41, 5.74) is 0. The minimum atomic E-state index is 0.692. The van der Waals surface area contributed by atoms with Gasteiger partial charge in [-0.15, -0.1) is 0 Å². The minimum absolute atomic E-state index is 0.692. The quantitative estimate of drug-likeness (QED) is 0.622. The number of hydrogen-bond acceptors (Lipinski definition) is 3. The third kappa shape index (κ3) is 7.05. The van der Waals surface area contributed by atoms with Crippen LogP contribution in [0.25, 0.3) is 0 Å². The monoisotopic (exact) mass is 283 g/mol. The van der Waals surface area contributed by atoms with Crippen LogP contribution in [0.3, 0.4) is 0 Å². The maximum Gasteiger partial charge on any atom is 0.0113 e. The lowest BCUT2D eigenvalue weighted by molar-refractivity contribution is 0.0993. The lowest BCUT2D eigenvalue weighted by Gasteiger charge is -2.37. The molecule has 0 radical (unpaired) electrons. The Kier molecular flexibility index (Phi) is 9.49. The van der Waals surface area contributed by atoms with E-state index in [-0.39, 0.29) is 0 Å². The summed E-state index contributed by atoms with van der Waals surface area (Å²) in [5.74, 6) is 0. The van der Waals surface area contributed by atoms with Gasteiger partial charge in [0.1, 0.15) is 0 Å². The first-order valence-corrected chi connectivity index (χ1v) is 8.87. The molecule has 0 amide bonds. The molecule has 0 spiro atoms. The van der Waals surface area contributed by atoms with Gasteiger partial charge in [-0.3, -0.25) is 4.90 Å². The van der Waals surface area contributed by atoms with Gasteiger partial charge in [0.15, 0.2) is 0 Å². The van der Waals surface area contributed by atoms with Crippen molar-refractivity contribution in [2.24, 2.45) is 0 Å². The summed E-state index contributed by atoms with van der Waals surface area (Å²) in [5, 5.41) is 3.58. The van der Waals surface area contributed by atoms with E-state index in [9.17, 15) is 0 Å². The third-order valence-corrected chi connectivity index (χ3v) is 4.73. The highest BCUT2D eigenvalue weighted by atomic mass is 15.3. The van der Waals surface area contributed by atoms with Gasteiger partial charge in [-0.2, -0.15) is 0 Å². The van der Waals surface area contributed by atoms with Crippen LogP contribution in [0.15, 0.2) is 0 Å². The highest BCUT2D eigenvalue weighted by Crippen LogP contribution is 2.10. The van der Waals surface area contributed by atoms with Crippen molar-refractivity contribution in [3.8, 4) is 0 Å². The van der Waals surface area contributed by atoms with Gasteiger partial charge >= 0.3 is 0 Å². The molecule has 2 unspecified atom stereocenters. The molecule has 1 aliphatic rings. The van der Waals surface area contributed by atoms with Crippen LogP contribution in [-0.2, 0) is 0 Å². The van der Waals surface area contributed by atoms with Crippen LogP contribution in [-0.4, -0.2) is 61.2 Å². The van der Waals surface area contributed by atoms with Gasteiger partial charge < -0.3 is 10.2 Å². The van der Waals surface area contributed by atoms with E-state index in [0.717, 1.165) is 6.04 Å². The van der Waals surface area contributed by atoms with Crippen molar-refractivity contribution in [1.82, 2.24) is 15.1 Å². The van der Waals surface area contributed by atoms with Gasteiger partial charge in [-0.05, 0) is 52.6 Å². The smallest absolute Gasteiger partial charge is 0.0113 e. The molecule has 1 N–H and O–H groups in total. The van der Waals surface area contributed by atoms with E-state index >= 15 is 0 Å². The van der Waals surface area contributed by atoms with Crippen molar-refractivity contribution < 1.29 is 0 Å². The van der Waals surface area contributed by atoms with Crippen molar-refractivity contribution in [2.45, 2.75) is 71.9 Å². The van der Waals surface area contributed by atoms with Gasteiger partial charge in [-0.25, -0.2) is 0 Å². The van der Waals surface area contributed by atoms with Crippen LogP contribution in [0.1, 0.15) is 59.8 Å². The van der Waals surface area contributed by atoms with Gasteiger partial charge in [-0.1, -0.05) is 20.3 Å². The van der Waals surface area contributed by atoms with Crippen LogP contribution in [0, 0.1) is 0 Å². The Morgan fingerprint density at radius 3 is 2.30 bits per heavy atom. The fourth-order valence-electron chi connectivity index (χ4n) is 2.96. The predicted octanol–water partition coefficient (Wildman–Crippen LogP) is 2.96. The summed E-state index contributed by atoms with van der Waals surface area (Å²) in [7, 11) is 0. The average Bonchev–Trinajstić information content (AvgIpc) is 2.49. The van der Waals surface area contributed by atoms with Crippen molar-refractivity contribution in [2.75, 3.05) is 39.3 Å². The van der Waals surface area contributed by atoms with Gasteiger partial charge in [0.25, 0.3) is 0 Å². The minimum Gasteiger partial charge on any atom is -0.314 e. The van der Waals surface area contributed by atoms with E-state index in [2.05, 4.69) is 42.8 Å². The lowest BCUT2D eigenvalue weighted by atomic mass is 10.1. The van der Waals surface area contributed by atoms with Gasteiger partial charge in [0.2, 0.25) is 0 Å². The molecular weight excluding hydrogens is 246 g/mol.